The lowest BCUT2D eigenvalue weighted by atomic mass is 10.2. The van der Waals surface area contributed by atoms with Crippen LogP contribution in [0.5, 0.6) is 0 Å². The van der Waals surface area contributed by atoms with Gasteiger partial charge < -0.3 is 9.64 Å². The number of pyridine rings is 1. The summed E-state index contributed by atoms with van der Waals surface area (Å²) in [6.45, 7) is 2.89. The molecule has 0 amide bonds. The summed E-state index contributed by atoms with van der Waals surface area (Å²) >= 11 is 5.78. The molecule has 1 aliphatic heterocycles. The van der Waals surface area contributed by atoms with Gasteiger partial charge in [0.2, 0.25) is 0 Å². The van der Waals surface area contributed by atoms with Crippen molar-refractivity contribution in [2.75, 3.05) is 31.2 Å². The molecular formula is C10H10ClN3O. The number of nitrogens with zero attached hydrogens (tertiary/aromatic N) is 3. The summed E-state index contributed by atoms with van der Waals surface area (Å²) in [5.74, 6) is 0.699. The number of halogens is 1. The SMILES string of the molecule is N#Cc1cc(Cl)cnc1N1CCOCC1. The van der Waals surface area contributed by atoms with Gasteiger partial charge in [-0.15, -0.1) is 0 Å². The first-order valence-electron chi connectivity index (χ1n) is 4.69. The van der Waals surface area contributed by atoms with E-state index in [1.165, 1.54) is 0 Å². The molecule has 2 rings (SSSR count). The van der Waals surface area contributed by atoms with Crippen LogP contribution in [0.4, 0.5) is 5.82 Å². The van der Waals surface area contributed by atoms with E-state index >= 15 is 0 Å². The molecule has 0 N–H and O–H groups in total. The molecule has 0 bridgehead atoms. The van der Waals surface area contributed by atoms with E-state index in [-0.39, 0.29) is 0 Å². The predicted octanol–water partition coefficient (Wildman–Crippen LogP) is 1.44. The number of aromatic nitrogens is 1. The van der Waals surface area contributed by atoms with Crippen LogP contribution >= 0.6 is 11.6 Å². The summed E-state index contributed by atoms with van der Waals surface area (Å²) < 4.78 is 5.24. The number of nitriles is 1. The van der Waals surface area contributed by atoms with Crippen molar-refractivity contribution in [1.82, 2.24) is 4.98 Å². The summed E-state index contributed by atoms with van der Waals surface area (Å²) in [4.78, 5) is 6.23. The van der Waals surface area contributed by atoms with Crippen molar-refractivity contribution in [2.24, 2.45) is 0 Å². The highest BCUT2D eigenvalue weighted by atomic mass is 35.5. The highest BCUT2D eigenvalue weighted by Crippen LogP contribution is 2.21. The van der Waals surface area contributed by atoms with Gasteiger partial charge in [-0.05, 0) is 6.07 Å². The molecule has 15 heavy (non-hydrogen) atoms. The Kier molecular flexibility index (Phi) is 3.05. The molecular weight excluding hydrogens is 214 g/mol. The molecule has 4 nitrogen and oxygen atoms in total. The quantitative estimate of drug-likeness (QED) is 0.723. The van der Waals surface area contributed by atoms with Crippen LogP contribution < -0.4 is 4.90 Å². The lowest BCUT2D eigenvalue weighted by Gasteiger charge is -2.28. The second kappa shape index (κ2) is 4.47. The van der Waals surface area contributed by atoms with Crippen LogP contribution in [0.15, 0.2) is 12.3 Å². The highest BCUT2D eigenvalue weighted by molar-refractivity contribution is 6.30. The van der Waals surface area contributed by atoms with Crippen LogP contribution in [0, 0.1) is 11.3 Å². The van der Waals surface area contributed by atoms with E-state index in [0.717, 1.165) is 13.1 Å². The first-order chi connectivity index (χ1) is 7.31. The molecule has 2 heterocycles. The molecule has 0 unspecified atom stereocenters. The van der Waals surface area contributed by atoms with Gasteiger partial charge in [0.25, 0.3) is 0 Å². The fraction of sp³-hybridized carbons (Fsp3) is 0.400. The molecule has 1 aromatic rings. The number of anilines is 1. The third kappa shape index (κ3) is 2.20. The van der Waals surface area contributed by atoms with Gasteiger partial charge in [-0.1, -0.05) is 11.6 Å². The minimum Gasteiger partial charge on any atom is -0.378 e. The Morgan fingerprint density at radius 2 is 2.20 bits per heavy atom. The predicted molar refractivity (Wildman–Crippen MR) is 57.0 cm³/mol. The molecule has 1 fully saturated rings. The third-order valence-corrected chi connectivity index (χ3v) is 2.47. The van der Waals surface area contributed by atoms with E-state index in [9.17, 15) is 0 Å². The maximum Gasteiger partial charge on any atom is 0.146 e. The van der Waals surface area contributed by atoms with Crippen LogP contribution in [0.1, 0.15) is 5.56 Å². The van der Waals surface area contributed by atoms with Crippen molar-refractivity contribution in [1.29, 1.82) is 5.26 Å². The van der Waals surface area contributed by atoms with Crippen LogP contribution in [0.25, 0.3) is 0 Å². The van der Waals surface area contributed by atoms with Gasteiger partial charge >= 0.3 is 0 Å². The average Bonchev–Trinajstić information content (AvgIpc) is 2.30. The number of morpholine rings is 1. The molecule has 0 radical (unpaired) electrons. The van der Waals surface area contributed by atoms with Gasteiger partial charge in [0.15, 0.2) is 0 Å². The Labute approximate surface area is 93.0 Å². The number of ether oxygens (including phenoxy) is 1. The summed E-state index contributed by atoms with van der Waals surface area (Å²) in [7, 11) is 0. The zero-order valence-corrected chi connectivity index (χ0v) is 8.87. The van der Waals surface area contributed by atoms with E-state index in [0.29, 0.717) is 29.6 Å². The topological polar surface area (TPSA) is 49.2 Å². The van der Waals surface area contributed by atoms with Gasteiger partial charge in [-0.25, -0.2) is 4.98 Å². The first kappa shape index (κ1) is 10.2. The van der Waals surface area contributed by atoms with Crippen LogP contribution in [0.3, 0.4) is 0 Å². The van der Waals surface area contributed by atoms with Crippen molar-refractivity contribution in [3.05, 3.63) is 22.8 Å². The van der Waals surface area contributed by atoms with Crippen LogP contribution in [0.2, 0.25) is 5.02 Å². The summed E-state index contributed by atoms with van der Waals surface area (Å²) in [6.07, 6.45) is 1.56. The van der Waals surface area contributed by atoms with Gasteiger partial charge in [0.05, 0.1) is 23.8 Å². The summed E-state index contributed by atoms with van der Waals surface area (Å²) in [6, 6.07) is 3.74. The van der Waals surface area contributed by atoms with Crippen molar-refractivity contribution >= 4 is 17.4 Å². The maximum atomic E-state index is 8.97. The van der Waals surface area contributed by atoms with Crippen molar-refractivity contribution < 1.29 is 4.74 Å². The second-order valence-electron chi connectivity index (χ2n) is 3.24. The third-order valence-electron chi connectivity index (χ3n) is 2.26. The Bertz CT molecular complexity index is 396. The van der Waals surface area contributed by atoms with Crippen molar-refractivity contribution in [3.63, 3.8) is 0 Å². The fourth-order valence-corrected chi connectivity index (χ4v) is 1.70. The van der Waals surface area contributed by atoms with E-state index in [4.69, 9.17) is 21.6 Å². The van der Waals surface area contributed by atoms with Gasteiger partial charge in [0.1, 0.15) is 11.9 Å². The Hall–Kier alpha value is -1.31. The Morgan fingerprint density at radius 3 is 2.87 bits per heavy atom. The minimum absolute atomic E-state index is 0.489. The molecule has 0 spiro atoms. The summed E-state index contributed by atoms with van der Waals surface area (Å²) in [5, 5.41) is 9.46. The smallest absolute Gasteiger partial charge is 0.146 e. The zero-order valence-electron chi connectivity index (χ0n) is 8.11. The lowest BCUT2D eigenvalue weighted by Crippen LogP contribution is -2.37. The average molecular weight is 224 g/mol. The van der Waals surface area contributed by atoms with Crippen molar-refractivity contribution in [2.45, 2.75) is 0 Å². The van der Waals surface area contributed by atoms with Crippen molar-refractivity contribution in [3.8, 4) is 6.07 Å². The van der Waals surface area contributed by atoms with Gasteiger partial charge in [-0.2, -0.15) is 5.26 Å². The number of hydrogen-bond donors (Lipinski definition) is 0. The molecule has 0 saturated carbocycles. The van der Waals surface area contributed by atoms with Gasteiger partial charge in [-0.3, -0.25) is 0 Å². The molecule has 1 aliphatic rings. The first-order valence-corrected chi connectivity index (χ1v) is 5.07. The molecule has 5 heteroatoms. The molecule has 0 aliphatic carbocycles. The van der Waals surface area contributed by atoms with E-state index < -0.39 is 0 Å². The number of rotatable bonds is 1. The standard InChI is InChI=1S/C10H10ClN3O/c11-9-5-8(6-12)10(13-7-9)14-1-3-15-4-2-14/h5,7H,1-4H2. The van der Waals surface area contributed by atoms with E-state index in [2.05, 4.69) is 11.1 Å². The van der Waals surface area contributed by atoms with E-state index in [1.807, 2.05) is 4.90 Å². The maximum absolute atomic E-state index is 8.97. The molecule has 1 saturated heterocycles. The van der Waals surface area contributed by atoms with Crippen LogP contribution in [-0.2, 0) is 4.74 Å². The normalized spacial score (nSPS) is 16.1. The zero-order chi connectivity index (χ0) is 10.7. The minimum atomic E-state index is 0.489. The Morgan fingerprint density at radius 1 is 1.47 bits per heavy atom. The van der Waals surface area contributed by atoms with Crippen LogP contribution in [-0.4, -0.2) is 31.3 Å². The fourth-order valence-electron chi connectivity index (χ4n) is 1.54. The highest BCUT2D eigenvalue weighted by Gasteiger charge is 2.16. The molecule has 1 aromatic heterocycles. The molecule has 0 aromatic carbocycles. The number of hydrogen-bond acceptors (Lipinski definition) is 4. The van der Waals surface area contributed by atoms with E-state index in [1.54, 1.807) is 12.3 Å². The molecule has 78 valence electrons. The summed E-state index contributed by atoms with van der Waals surface area (Å²) in [5.41, 5.74) is 0.518. The largest absolute Gasteiger partial charge is 0.378 e. The molecule has 0 atom stereocenters. The second-order valence-corrected chi connectivity index (χ2v) is 3.67. The van der Waals surface area contributed by atoms with Gasteiger partial charge in [0, 0.05) is 19.3 Å². The lowest BCUT2D eigenvalue weighted by molar-refractivity contribution is 0.122. The Balaban J connectivity index is 2.30. The monoisotopic (exact) mass is 223 g/mol.